The summed E-state index contributed by atoms with van der Waals surface area (Å²) in [6.07, 6.45) is -0.158. The number of aromatic nitrogens is 2. The van der Waals surface area contributed by atoms with Crippen molar-refractivity contribution in [1.82, 2.24) is 15.3 Å². The van der Waals surface area contributed by atoms with Gasteiger partial charge in [0.25, 0.3) is 5.91 Å². The fourth-order valence-corrected chi connectivity index (χ4v) is 5.31. The summed E-state index contributed by atoms with van der Waals surface area (Å²) in [6.45, 7) is 16.2. The molecular weight excluding hydrogens is 416 g/mol. The maximum atomic E-state index is 13.3. The SMILES string of the molecule is COc1cc(OC2C(C)(C)C(NC(=O)c3c(C)nc(C(C)C)nc3C)C2(C)C)ccc1C#N. The van der Waals surface area contributed by atoms with E-state index >= 15 is 0 Å². The van der Waals surface area contributed by atoms with Gasteiger partial charge in [-0.1, -0.05) is 41.5 Å². The average molecular weight is 451 g/mol. The van der Waals surface area contributed by atoms with Crippen molar-refractivity contribution in [1.29, 1.82) is 5.26 Å². The number of nitrogens with zero attached hydrogens (tertiary/aromatic N) is 3. The molecule has 1 saturated carbocycles. The second kappa shape index (κ2) is 8.66. The largest absolute Gasteiger partial charge is 0.495 e. The number of hydrogen-bond donors (Lipinski definition) is 1. The molecule has 0 radical (unpaired) electrons. The number of ether oxygens (including phenoxy) is 2. The molecule has 7 nitrogen and oxygen atoms in total. The zero-order valence-electron chi connectivity index (χ0n) is 21.0. The number of methoxy groups -OCH3 is 1. The van der Waals surface area contributed by atoms with Crippen LogP contribution in [-0.4, -0.2) is 35.1 Å². The van der Waals surface area contributed by atoms with Crippen LogP contribution in [0.1, 0.15) is 80.6 Å². The van der Waals surface area contributed by atoms with Gasteiger partial charge in [0, 0.05) is 28.9 Å². The molecular formula is C26H34N4O3. The maximum absolute atomic E-state index is 13.3. The van der Waals surface area contributed by atoms with Gasteiger partial charge in [-0.2, -0.15) is 5.26 Å². The Kier molecular flexibility index (Phi) is 6.43. The van der Waals surface area contributed by atoms with Crippen LogP contribution in [-0.2, 0) is 0 Å². The van der Waals surface area contributed by atoms with E-state index in [0.717, 1.165) is 5.82 Å². The summed E-state index contributed by atoms with van der Waals surface area (Å²) in [5.41, 5.74) is 1.71. The molecule has 0 spiro atoms. The van der Waals surface area contributed by atoms with Gasteiger partial charge in [0.2, 0.25) is 0 Å². The first-order valence-electron chi connectivity index (χ1n) is 11.2. The van der Waals surface area contributed by atoms with Crippen LogP contribution in [0.5, 0.6) is 11.5 Å². The molecule has 3 rings (SSSR count). The zero-order chi connectivity index (χ0) is 24.7. The van der Waals surface area contributed by atoms with Crippen molar-refractivity contribution >= 4 is 5.91 Å². The molecule has 1 heterocycles. The first-order chi connectivity index (χ1) is 15.3. The highest BCUT2D eigenvalue weighted by Gasteiger charge is 2.64. The lowest BCUT2D eigenvalue weighted by Gasteiger charge is -2.63. The molecule has 2 aromatic rings. The van der Waals surface area contributed by atoms with E-state index in [0.29, 0.717) is 34.0 Å². The van der Waals surface area contributed by atoms with Gasteiger partial charge < -0.3 is 14.8 Å². The fraction of sp³-hybridized carbons (Fsp3) is 0.538. The van der Waals surface area contributed by atoms with Gasteiger partial charge in [-0.3, -0.25) is 4.79 Å². The Morgan fingerprint density at radius 3 is 2.18 bits per heavy atom. The van der Waals surface area contributed by atoms with Crippen molar-refractivity contribution in [2.45, 2.75) is 73.5 Å². The number of carbonyl (C=O) groups excluding carboxylic acids is 1. The molecule has 1 aromatic heterocycles. The minimum Gasteiger partial charge on any atom is -0.495 e. The predicted molar refractivity (Wildman–Crippen MR) is 127 cm³/mol. The van der Waals surface area contributed by atoms with E-state index in [2.05, 4.69) is 49.0 Å². The fourth-order valence-electron chi connectivity index (χ4n) is 5.31. The van der Waals surface area contributed by atoms with Crippen LogP contribution in [0.15, 0.2) is 18.2 Å². The highest BCUT2D eigenvalue weighted by Crippen LogP contribution is 2.55. The van der Waals surface area contributed by atoms with E-state index in [1.165, 1.54) is 7.11 Å². The number of rotatable bonds is 6. The van der Waals surface area contributed by atoms with Gasteiger partial charge in [-0.25, -0.2) is 9.97 Å². The third-order valence-corrected chi connectivity index (χ3v) is 6.69. The Hall–Kier alpha value is -3.14. The normalized spacial score (nSPS) is 20.5. The molecule has 0 saturated heterocycles. The number of amides is 1. The molecule has 0 aliphatic heterocycles. The third kappa shape index (κ3) is 4.27. The lowest BCUT2D eigenvalue weighted by atomic mass is 9.49. The summed E-state index contributed by atoms with van der Waals surface area (Å²) in [4.78, 5) is 22.4. The van der Waals surface area contributed by atoms with E-state index < -0.39 is 0 Å². The van der Waals surface area contributed by atoms with Crippen molar-refractivity contribution in [2.75, 3.05) is 7.11 Å². The first-order valence-corrected chi connectivity index (χ1v) is 11.2. The van der Waals surface area contributed by atoms with E-state index in [9.17, 15) is 10.1 Å². The summed E-state index contributed by atoms with van der Waals surface area (Å²) in [6, 6.07) is 7.20. The number of hydrogen-bond acceptors (Lipinski definition) is 6. The van der Waals surface area contributed by atoms with E-state index in [4.69, 9.17) is 9.47 Å². The number of nitrogens with one attached hydrogen (secondary N) is 1. The van der Waals surface area contributed by atoms with Crippen LogP contribution >= 0.6 is 0 Å². The molecule has 7 heteroatoms. The number of benzene rings is 1. The van der Waals surface area contributed by atoms with Crippen molar-refractivity contribution in [3.8, 4) is 17.6 Å². The molecule has 176 valence electrons. The second-order valence-corrected chi connectivity index (χ2v) is 10.3. The molecule has 1 aromatic carbocycles. The highest BCUT2D eigenvalue weighted by atomic mass is 16.5. The number of nitriles is 1. The summed E-state index contributed by atoms with van der Waals surface area (Å²) in [7, 11) is 1.53. The molecule has 1 aliphatic rings. The van der Waals surface area contributed by atoms with Crippen molar-refractivity contribution in [3.63, 3.8) is 0 Å². The summed E-state index contributed by atoms with van der Waals surface area (Å²) in [5, 5.41) is 12.5. The molecule has 33 heavy (non-hydrogen) atoms. The Labute approximate surface area is 196 Å². The molecule has 1 fully saturated rings. The van der Waals surface area contributed by atoms with Gasteiger partial charge in [-0.05, 0) is 26.0 Å². The van der Waals surface area contributed by atoms with E-state index in [1.807, 2.05) is 27.7 Å². The monoisotopic (exact) mass is 450 g/mol. The minimum atomic E-state index is -0.333. The predicted octanol–water partition coefficient (Wildman–Crippen LogP) is 4.71. The average Bonchev–Trinajstić information content (AvgIpc) is 2.74. The van der Waals surface area contributed by atoms with Gasteiger partial charge >= 0.3 is 0 Å². The van der Waals surface area contributed by atoms with Crippen molar-refractivity contribution in [2.24, 2.45) is 10.8 Å². The standard InChI is InChI=1S/C26H34N4O3/c1-14(2)21-28-15(3)20(16(4)29-21)22(31)30-23-25(5,6)24(26(23,7)8)33-18-11-10-17(13-27)19(12-18)32-9/h10-12,14,23-24H,1-9H3,(H,30,31). The second-order valence-electron chi connectivity index (χ2n) is 10.3. The van der Waals surface area contributed by atoms with Gasteiger partial charge in [0.1, 0.15) is 29.5 Å². The van der Waals surface area contributed by atoms with E-state index in [1.54, 1.807) is 18.2 Å². The topological polar surface area (TPSA) is 97.1 Å². The Morgan fingerprint density at radius 2 is 1.70 bits per heavy atom. The van der Waals surface area contributed by atoms with Crippen LogP contribution in [0.25, 0.3) is 0 Å². The molecule has 0 unspecified atom stereocenters. The molecule has 1 N–H and O–H groups in total. The van der Waals surface area contributed by atoms with E-state index in [-0.39, 0.29) is 34.8 Å². The first kappa shape index (κ1) is 24.5. The number of carbonyl (C=O) groups is 1. The zero-order valence-corrected chi connectivity index (χ0v) is 21.0. The van der Waals surface area contributed by atoms with Gasteiger partial charge in [0.15, 0.2) is 0 Å². The lowest BCUT2D eigenvalue weighted by molar-refractivity contribution is -0.164. The molecule has 1 amide bonds. The minimum absolute atomic E-state index is 0.119. The van der Waals surface area contributed by atoms with Gasteiger partial charge in [0.05, 0.1) is 29.6 Å². The summed E-state index contributed by atoms with van der Waals surface area (Å²) in [5.74, 6) is 1.89. The van der Waals surface area contributed by atoms with Crippen LogP contribution in [0.3, 0.4) is 0 Å². The molecule has 0 atom stereocenters. The highest BCUT2D eigenvalue weighted by molar-refractivity contribution is 5.96. The van der Waals surface area contributed by atoms with Crippen LogP contribution in [0.4, 0.5) is 0 Å². The lowest BCUT2D eigenvalue weighted by Crippen LogP contribution is -2.74. The van der Waals surface area contributed by atoms with Crippen LogP contribution < -0.4 is 14.8 Å². The third-order valence-electron chi connectivity index (χ3n) is 6.69. The summed E-state index contributed by atoms with van der Waals surface area (Å²) >= 11 is 0. The molecule has 0 bridgehead atoms. The smallest absolute Gasteiger partial charge is 0.255 e. The quantitative estimate of drug-likeness (QED) is 0.685. The summed E-state index contributed by atoms with van der Waals surface area (Å²) < 4.78 is 11.7. The maximum Gasteiger partial charge on any atom is 0.255 e. The van der Waals surface area contributed by atoms with Crippen molar-refractivity contribution < 1.29 is 14.3 Å². The Bertz CT molecular complexity index is 1080. The van der Waals surface area contributed by atoms with Crippen LogP contribution in [0, 0.1) is 36.0 Å². The van der Waals surface area contributed by atoms with Gasteiger partial charge in [-0.15, -0.1) is 0 Å². The Balaban J connectivity index is 1.82. The number of aryl methyl sites for hydroxylation is 2. The Morgan fingerprint density at radius 1 is 1.12 bits per heavy atom. The molecule has 1 aliphatic carbocycles. The van der Waals surface area contributed by atoms with Crippen molar-refractivity contribution in [3.05, 3.63) is 46.5 Å². The van der Waals surface area contributed by atoms with Crippen LogP contribution in [0.2, 0.25) is 0 Å².